The van der Waals surface area contributed by atoms with Gasteiger partial charge in [0.1, 0.15) is 12.2 Å². The zero-order valence-corrected chi connectivity index (χ0v) is 9.39. The number of nitrogens with two attached hydrogens (primary N) is 1. The van der Waals surface area contributed by atoms with Gasteiger partial charge in [0.2, 0.25) is 5.91 Å². The molecule has 0 aromatic carbocycles. The number of amides is 1. The fourth-order valence-electron chi connectivity index (χ4n) is 2.19. The molecule has 1 aromatic heterocycles. The number of H-pyrrole nitrogens is 1. The summed E-state index contributed by atoms with van der Waals surface area (Å²) in [4.78, 5) is 17.7. The molecule has 2 atom stereocenters. The first kappa shape index (κ1) is 11.1. The smallest absolute Gasteiger partial charge is 0.227 e. The van der Waals surface area contributed by atoms with Crippen LogP contribution >= 0.6 is 0 Å². The minimum atomic E-state index is -0.0204. The first-order valence-electron chi connectivity index (χ1n) is 5.53. The highest BCUT2D eigenvalue weighted by molar-refractivity contribution is 5.79. The Kier molecular flexibility index (Phi) is 3.19. The van der Waals surface area contributed by atoms with Gasteiger partial charge in [-0.1, -0.05) is 6.42 Å². The van der Waals surface area contributed by atoms with E-state index in [1.165, 1.54) is 6.33 Å². The standard InChI is InChI=1S/C10H17N5O/c1-15(5-9-12-6-13-14-9)10(16)7-3-2-4-8(7)11/h6-8H,2-5,11H2,1H3,(H,12,13,14). The van der Waals surface area contributed by atoms with Gasteiger partial charge < -0.3 is 10.6 Å². The lowest BCUT2D eigenvalue weighted by Crippen LogP contribution is -2.39. The fourth-order valence-corrected chi connectivity index (χ4v) is 2.19. The molecule has 1 heterocycles. The number of aromatic amines is 1. The molecule has 88 valence electrons. The number of carbonyl (C=O) groups is 1. The quantitative estimate of drug-likeness (QED) is 0.748. The number of hydrogen-bond donors (Lipinski definition) is 2. The van der Waals surface area contributed by atoms with Gasteiger partial charge in [-0.05, 0) is 12.8 Å². The fraction of sp³-hybridized carbons (Fsp3) is 0.700. The van der Waals surface area contributed by atoms with Crippen LogP contribution in [0.15, 0.2) is 6.33 Å². The zero-order chi connectivity index (χ0) is 11.5. The van der Waals surface area contributed by atoms with Gasteiger partial charge >= 0.3 is 0 Å². The van der Waals surface area contributed by atoms with Crippen molar-refractivity contribution in [2.75, 3.05) is 7.05 Å². The largest absolute Gasteiger partial charge is 0.338 e. The third-order valence-corrected chi connectivity index (χ3v) is 3.11. The SMILES string of the molecule is CN(Cc1ncn[nH]1)C(=O)C1CCCC1N. The van der Waals surface area contributed by atoms with Crippen LogP contribution in [0.5, 0.6) is 0 Å². The second-order valence-electron chi connectivity index (χ2n) is 4.33. The summed E-state index contributed by atoms with van der Waals surface area (Å²) in [6.07, 6.45) is 4.34. The molecule has 1 saturated carbocycles. The minimum Gasteiger partial charge on any atom is -0.338 e. The molecular weight excluding hydrogens is 206 g/mol. The molecule has 2 rings (SSSR count). The van der Waals surface area contributed by atoms with E-state index in [9.17, 15) is 4.79 Å². The van der Waals surface area contributed by atoms with Gasteiger partial charge in [-0.15, -0.1) is 0 Å². The summed E-state index contributed by atoms with van der Waals surface area (Å²) < 4.78 is 0. The maximum atomic E-state index is 12.1. The van der Waals surface area contributed by atoms with Gasteiger partial charge in [0.05, 0.1) is 12.5 Å². The third-order valence-electron chi connectivity index (χ3n) is 3.11. The molecule has 2 unspecified atom stereocenters. The van der Waals surface area contributed by atoms with Gasteiger partial charge in [-0.25, -0.2) is 4.98 Å². The molecular formula is C10H17N5O. The van der Waals surface area contributed by atoms with Crippen LogP contribution in [0.1, 0.15) is 25.1 Å². The number of rotatable bonds is 3. The topological polar surface area (TPSA) is 87.9 Å². The predicted molar refractivity (Wildman–Crippen MR) is 58.2 cm³/mol. The summed E-state index contributed by atoms with van der Waals surface area (Å²) in [5.41, 5.74) is 5.91. The van der Waals surface area contributed by atoms with Gasteiger partial charge in [-0.3, -0.25) is 9.89 Å². The zero-order valence-electron chi connectivity index (χ0n) is 9.39. The van der Waals surface area contributed by atoms with Crippen LogP contribution in [0.4, 0.5) is 0 Å². The molecule has 0 radical (unpaired) electrons. The highest BCUT2D eigenvalue weighted by Crippen LogP contribution is 2.25. The molecule has 0 spiro atoms. The van der Waals surface area contributed by atoms with Gasteiger partial charge in [0.15, 0.2) is 0 Å². The Hall–Kier alpha value is -1.43. The summed E-state index contributed by atoms with van der Waals surface area (Å²) in [6.45, 7) is 0.460. The van der Waals surface area contributed by atoms with Crippen LogP contribution in [0.2, 0.25) is 0 Å². The molecule has 0 bridgehead atoms. The van der Waals surface area contributed by atoms with E-state index >= 15 is 0 Å². The lowest BCUT2D eigenvalue weighted by molar-refractivity contribution is -0.135. The highest BCUT2D eigenvalue weighted by atomic mass is 16.2. The number of aromatic nitrogens is 3. The van der Waals surface area contributed by atoms with E-state index in [1.807, 2.05) is 0 Å². The molecule has 3 N–H and O–H groups in total. The Labute approximate surface area is 94.2 Å². The first-order chi connectivity index (χ1) is 7.68. The monoisotopic (exact) mass is 223 g/mol. The van der Waals surface area contributed by atoms with Crippen LogP contribution in [-0.2, 0) is 11.3 Å². The second kappa shape index (κ2) is 4.61. The van der Waals surface area contributed by atoms with Crippen molar-refractivity contribution in [1.82, 2.24) is 20.1 Å². The van der Waals surface area contributed by atoms with E-state index in [0.29, 0.717) is 12.4 Å². The molecule has 0 aliphatic heterocycles. The van der Waals surface area contributed by atoms with Crippen molar-refractivity contribution in [3.63, 3.8) is 0 Å². The van der Waals surface area contributed by atoms with Crippen LogP contribution in [-0.4, -0.2) is 39.1 Å². The van der Waals surface area contributed by atoms with Crippen molar-refractivity contribution in [1.29, 1.82) is 0 Å². The van der Waals surface area contributed by atoms with E-state index in [-0.39, 0.29) is 17.9 Å². The maximum absolute atomic E-state index is 12.1. The summed E-state index contributed by atoms with van der Waals surface area (Å²) in [5, 5.41) is 6.49. The van der Waals surface area contributed by atoms with Crippen molar-refractivity contribution in [3.8, 4) is 0 Å². The Morgan fingerprint density at radius 3 is 3.06 bits per heavy atom. The molecule has 16 heavy (non-hydrogen) atoms. The molecule has 1 aliphatic carbocycles. The summed E-state index contributed by atoms with van der Waals surface area (Å²) in [5.74, 6) is 0.789. The Morgan fingerprint density at radius 1 is 1.69 bits per heavy atom. The van der Waals surface area contributed by atoms with Crippen molar-refractivity contribution < 1.29 is 4.79 Å². The van der Waals surface area contributed by atoms with Crippen molar-refractivity contribution >= 4 is 5.91 Å². The Morgan fingerprint density at radius 2 is 2.50 bits per heavy atom. The van der Waals surface area contributed by atoms with Crippen LogP contribution in [0.25, 0.3) is 0 Å². The van der Waals surface area contributed by atoms with Crippen LogP contribution in [0.3, 0.4) is 0 Å². The summed E-state index contributed by atoms with van der Waals surface area (Å²) in [6, 6.07) is 0.0182. The normalized spacial score (nSPS) is 24.6. The summed E-state index contributed by atoms with van der Waals surface area (Å²) in [7, 11) is 1.77. The summed E-state index contributed by atoms with van der Waals surface area (Å²) >= 11 is 0. The molecule has 6 nitrogen and oxygen atoms in total. The maximum Gasteiger partial charge on any atom is 0.227 e. The Balaban J connectivity index is 1.94. The molecule has 6 heteroatoms. The van der Waals surface area contributed by atoms with Gasteiger partial charge in [0.25, 0.3) is 0 Å². The number of nitrogens with one attached hydrogen (secondary N) is 1. The van der Waals surface area contributed by atoms with E-state index in [4.69, 9.17) is 5.73 Å². The van der Waals surface area contributed by atoms with Crippen molar-refractivity contribution in [3.05, 3.63) is 12.2 Å². The molecule has 0 saturated heterocycles. The molecule has 1 fully saturated rings. The first-order valence-corrected chi connectivity index (χ1v) is 5.53. The average molecular weight is 223 g/mol. The second-order valence-corrected chi connectivity index (χ2v) is 4.33. The number of carbonyl (C=O) groups excluding carboxylic acids is 1. The number of nitrogens with zero attached hydrogens (tertiary/aromatic N) is 3. The van der Waals surface area contributed by atoms with E-state index in [0.717, 1.165) is 19.3 Å². The lowest BCUT2D eigenvalue weighted by Gasteiger charge is -2.22. The third kappa shape index (κ3) is 2.21. The average Bonchev–Trinajstić information content (AvgIpc) is 2.88. The predicted octanol–water partition coefficient (Wildman–Crippen LogP) is -0.110. The number of hydrogen-bond acceptors (Lipinski definition) is 4. The van der Waals surface area contributed by atoms with E-state index in [1.54, 1.807) is 11.9 Å². The van der Waals surface area contributed by atoms with Gasteiger partial charge in [-0.2, -0.15) is 5.10 Å². The van der Waals surface area contributed by atoms with E-state index < -0.39 is 0 Å². The van der Waals surface area contributed by atoms with Crippen LogP contribution < -0.4 is 5.73 Å². The van der Waals surface area contributed by atoms with E-state index in [2.05, 4.69) is 15.2 Å². The van der Waals surface area contributed by atoms with Gasteiger partial charge in [0, 0.05) is 13.1 Å². The van der Waals surface area contributed by atoms with Crippen LogP contribution in [0, 0.1) is 5.92 Å². The van der Waals surface area contributed by atoms with Crippen molar-refractivity contribution in [2.45, 2.75) is 31.8 Å². The van der Waals surface area contributed by atoms with Crippen molar-refractivity contribution in [2.24, 2.45) is 11.7 Å². The molecule has 1 aliphatic rings. The molecule has 1 amide bonds. The molecule has 1 aromatic rings. The minimum absolute atomic E-state index is 0.0182. The lowest BCUT2D eigenvalue weighted by atomic mass is 10.0. The Bertz CT molecular complexity index is 350. The highest BCUT2D eigenvalue weighted by Gasteiger charge is 2.32.